The molecule has 0 radical (unpaired) electrons. The molecular weight excluding hydrogens is 306 g/mol. The van der Waals surface area contributed by atoms with Crippen LogP contribution in [0.2, 0.25) is 0 Å². The van der Waals surface area contributed by atoms with Crippen LogP contribution >= 0.6 is 0 Å². The third kappa shape index (κ3) is 3.32. The first-order chi connectivity index (χ1) is 12.1. The largest absolute Gasteiger partial charge is 0.508 e. The minimum atomic E-state index is 0.164. The van der Waals surface area contributed by atoms with Gasteiger partial charge in [0.1, 0.15) is 5.75 Å². The van der Waals surface area contributed by atoms with Crippen LogP contribution in [0.25, 0.3) is 0 Å². The number of hydrogen-bond donors (Lipinski definition) is 1. The molecule has 0 amide bonds. The lowest BCUT2D eigenvalue weighted by molar-refractivity contribution is 0.106. The molecule has 4 atom stereocenters. The highest BCUT2D eigenvalue weighted by Crippen LogP contribution is 2.49. The zero-order chi connectivity index (χ0) is 17.4. The Hall–Kier alpha value is -1.80. The van der Waals surface area contributed by atoms with Gasteiger partial charge in [0.05, 0.1) is 0 Å². The molecule has 0 bridgehead atoms. The molecule has 0 spiro atoms. The number of aromatic hydroxyl groups is 1. The molecule has 1 N–H and O–H groups in total. The third-order valence-electron chi connectivity index (χ3n) is 6.72. The summed E-state index contributed by atoms with van der Waals surface area (Å²) in [6.07, 6.45) is 2.51. The van der Waals surface area contributed by atoms with Crippen LogP contribution in [0, 0.1) is 11.8 Å². The Morgan fingerprint density at radius 3 is 2.64 bits per heavy atom. The lowest BCUT2D eigenvalue weighted by Crippen LogP contribution is -2.47. The molecule has 1 saturated carbocycles. The van der Waals surface area contributed by atoms with Crippen LogP contribution in [0.3, 0.4) is 0 Å². The fraction of sp³-hybridized carbons (Fsp3) is 0.478. The quantitative estimate of drug-likeness (QED) is 0.868. The molecule has 2 fully saturated rings. The first-order valence-corrected chi connectivity index (χ1v) is 9.63. The second-order valence-electron chi connectivity index (χ2n) is 8.39. The summed E-state index contributed by atoms with van der Waals surface area (Å²) in [5.74, 6) is 2.59. The normalized spacial score (nSPS) is 32.5. The number of phenolic OH excluding ortho intramolecular Hbond substituents is 1. The Kier molecular flexibility index (Phi) is 4.33. The molecule has 1 saturated heterocycles. The maximum atomic E-state index is 9.85. The predicted octanol–water partition coefficient (Wildman–Crippen LogP) is 4.80. The highest BCUT2D eigenvalue weighted by atomic mass is 16.3. The molecule has 2 aliphatic rings. The van der Waals surface area contributed by atoms with Gasteiger partial charge >= 0.3 is 0 Å². The van der Waals surface area contributed by atoms with E-state index in [1.54, 1.807) is 6.07 Å². The first-order valence-electron chi connectivity index (χ1n) is 9.63. The Bertz CT molecular complexity index is 728. The second kappa shape index (κ2) is 6.49. The molecule has 0 aromatic heterocycles. The van der Waals surface area contributed by atoms with Crippen LogP contribution in [0.15, 0.2) is 54.6 Å². The average molecular weight is 335 g/mol. The predicted molar refractivity (Wildman–Crippen MR) is 103 cm³/mol. The molecule has 25 heavy (non-hydrogen) atoms. The van der Waals surface area contributed by atoms with E-state index in [1.807, 2.05) is 12.1 Å². The van der Waals surface area contributed by atoms with E-state index in [0.29, 0.717) is 11.7 Å². The topological polar surface area (TPSA) is 23.5 Å². The molecule has 2 heteroatoms. The van der Waals surface area contributed by atoms with Crippen molar-refractivity contribution in [3.05, 3.63) is 65.7 Å². The highest BCUT2D eigenvalue weighted by molar-refractivity contribution is 5.34. The fourth-order valence-electron chi connectivity index (χ4n) is 4.66. The molecule has 4 rings (SSSR count). The maximum absolute atomic E-state index is 9.85. The summed E-state index contributed by atoms with van der Waals surface area (Å²) in [5.41, 5.74) is 2.97. The number of rotatable bonds is 4. The van der Waals surface area contributed by atoms with Gasteiger partial charge in [0.2, 0.25) is 0 Å². The smallest absolute Gasteiger partial charge is 0.115 e. The van der Waals surface area contributed by atoms with E-state index in [1.165, 1.54) is 30.5 Å². The minimum Gasteiger partial charge on any atom is -0.508 e. The number of piperidine rings is 1. The molecule has 0 unspecified atom stereocenters. The summed E-state index contributed by atoms with van der Waals surface area (Å²) >= 11 is 0. The fourth-order valence-corrected chi connectivity index (χ4v) is 4.66. The van der Waals surface area contributed by atoms with Gasteiger partial charge < -0.3 is 10.0 Å². The maximum Gasteiger partial charge on any atom is 0.115 e. The van der Waals surface area contributed by atoms with Gasteiger partial charge in [-0.1, -0.05) is 56.3 Å². The van der Waals surface area contributed by atoms with Gasteiger partial charge in [0.25, 0.3) is 0 Å². The van der Waals surface area contributed by atoms with E-state index in [9.17, 15) is 5.11 Å². The van der Waals surface area contributed by atoms with Gasteiger partial charge in [-0.2, -0.15) is 0 Å². The van der Waals surface area contributed by atoms with Crippen molar-refractivity contribution in [1.29, 1.82) is 0 Å². The van der Waals surface area contributed by atoms with Crippen molar-refractivity contribution < 1.29 is 5.11 Å². The van der Waals surface area contributed by atoms with Gasteiger partial charge in [-0.05, 0) is 65.8 Å². The van der Waals surface area contributed by atoms with Crippen molar-refractivity contribution in [3.8, 4) is 5.75 Å². The number of phenols is 1. The van der Waals surface area contributed by atoms with E-state index >= 15 is 0 Å². The van der Waals surface area contributed by atoms with Crippen LogP contribution < -0.4 is 0 Å². The molecule has 2 aromatic carbocycles. The van der Waals surface area contributed by atoms with Crippen LogP contribution in [0.4, 0.5) is 0 Å². The Morgan fingerprint density at radius 1 is 1.12 bits per heavy atom. The highest BCUT2D eigenvalue weighted by Gasteiger charge is 2.43. The van der Waals surface area contributed by atoms with E-state index in [0.717, 1.165) is 24.9 Å². The monoisotopic (exact) mass is 335 g/mol. The Balaban J connectivity index is 1.38. The van der Waals surface area contributed by atoms with Gasteiger partial charge in [0.15, 0.2) is 0 Å². The zero-order valence-electron chi connectivity index (χ0n) is 15.4. The number of hydrogen-bond acceptors (Lipinski definition) is 2. The van der Waals surface area contributed by atoms with Gasteiger partial charge in [-0.15, -0.1) is 0 Å². The molecule has 2 nitrogen and oxygen atoms in total. The summed E-state index contributed by atoms with van der Waals surface area (Å²) in [6.45, 7) is 8.30. The number of benzene rings is 2. The molecule has 1 aliphatic heterocycles. The number of nitrogens with zero attached hydrogens (tertiary/aromatic N) is 1. The Labute approximate surface area is 151 Å². The van der Waals surface area contributed by atoms with Crippen LogP contribution in [0.5, 0.6) is 5.75 Å². The van der Waals surface area contributed by atoms with Crippen molar-refractivity contribution in [2.75, 3.05) is 19.6 Å². The molecular formula is C23H29NO. The molecule has 2 aromatic rings. The number of likely N-dealkylation sites (tertiary alicyclic amines) is 1. The van der Waals surface area contributed by atoms with Gasteiger partial charge in [-0.25, -0.2) is 0 Å². The van der Waals surface area contributed by atoms with Crippen LogP contribution in [-0.4, -0.2) is 29.6 Å². The van der Waals surface area contributed by atoms with E-state index < -0.39 is 0 Å². The van der Waals surface area contributed by atoms with Gasteiger partial charge in [-0.3, -0.25) is 0 Å². The SMILES string of the molecule is C[C@H]1CN(C[C@@H]2C[C@H]2c2ccccc2)CC[C@@]1(C)c1cccc(O)c1. The Morgan fingerprint density at radius 2 is 1.92 bits per heavy atom. The standard InChI is InChI=1S/C23H29NO/c1-17-15-24(16-19-13-22(19)18-7-4-3-5-8-18)12-11-23(17,2)20-9-6-10-21(25)14-20/h3-10,14,17,19,22,25H,11-13,15-16H2,1-2H3/t17-,19-,22-,23+/m0/s1. The molecule has 1 heterocycles. The van der Waals surface area contributed by atoms with Crippen LogP contribution in [0.1, 0.15) is 43.7 Å². The van der Waals surface area contributed by atoms with Crippen molar-refractivity contribution in [3.63, 3.8) is 0 Å². The average Bonchev–Trinajstić information content (AvgIpc) is 3.38. The first kappa shape index (κ1) is 16.7. The van der Waals surface area contributed by atoms with E-state index in [2.05, 4.69) is 55.1 Å². The summed E-state index contributed by atoms with van der Waals surface area (Å²) in [6, 6.07) is 18.9. The minimum absolute atomic E-state index is 0.164. The van der Waals surface area contributed by atoms with E-state index in [4.69, 9.17) is 0 Å². The van der Waals surface area contributed by atoms with Crippen molar-refractivity contribution in [2.45, 2.75) is 38.0 Å². The lowest BCUT2D eigenvalue weighted by atomic mass is 9.68. The third-order valence-corrected chi connectivity index (χ3v) is 6.72. The van der Waals surface area contributed by atoms with Crippen molar-refractivity contribution in [1.82, 2.24) is 4.90 Å². The second-order valence-corrected chi connectivity index (χ2v) is 8.39. The zero-order valence-corrected chi connectivity index (χ0v) is 15.4. The summed E-state index contributed by atoms with van der Waals surface area (Å²) in [5, 5.41) is 9.85. The van der Waals surface area contributed by atoms with Crippen molar-refractivity contribution in [2.24, 2.45) is 11.8 Å². The summed E-state index contributed by atoms with van der Waals surface area (Å²) in [7, 11) is 0. The molecule has 132 valence electrons. The van der Waals surface area contributed by atoms with E-state index in [-0.39, 0.29) is 5.41 Å². The van der Waals surface area contributed by atoms with Crippen molar-refractivity contribution >= 4 is 0 Å². The lowest BCUT2D eigenvalue weighted by Gasteiger charge is -2.45. The molecule has 1 aliphatic carbocycles. The summed E-state index contributed by atoms with van der Waals surface area (Å²) < 4.78 is 0. The van der Waals surface area contributed by atoms with Crippen LogP contribution in [-0.2, 0) is 5.41 Å². The summed E-state index contributed by atoms with van der Waals surface area (Å²) in [4.78, 5) is 2.67. The van der Waals surface area contributed by atoms with Gasteiger partial charge in [0, 0.05) is 13.1 Å².